The molecule has 0 aromatic heterocycles. The molecule has 7 heavy (non-hydrogen) atoms. The normalized spacial score (nSPS) is 9.71. The van der Waals surface area contributed by atoms with Crippen molar-refractivity contribution in [2.75, 3.05) is 0 Å². The molecule has 0 N–H and O–H groups in total. The maximum Gasteiger partial charge on any atom is 0.0455 e. The quantitative estimate of drug-likeness (QED) is 0.381. The first-order valence-corrected chi connectivity index (χ1v) is 5.27. The van der Waals surface area contributed by atoms with Gasteiger partial charge in [-0.25, -0.2) is 0 Å². The molecule has 0 aliphatic heterocycles. The van der Waals surface area contributed by atoms with Crippen molar-refractivity contribution < 1.29 is 0 Å². The molecule has 1 heteroatoms. The Morgan fingerprint density at radius 1 is 1.57 bits per heavy atom. The van der Waals surface area contributed by atoms with Gasteiger partial charge in [0.05, 0.1) is 0 Å². The van der Waals surface area contributed by atoms with Crippen LogP contribution in [0.2, 0.25) is 19.1 Å². The minimum absolute atomic E-state index is 0.0337. The number of allylic oxidation sites excluding steroid dienone is 1. The van der Waals surface area contributed by atoms with Gasteiger partial charge in [0.1, 0.15) is 0 Å². The van der Waals surface area contributed by atoms with E-state index in [1.54, 1.807) is 0 Å². The zero-order valence-corrected chi connectivity index (χ0v) is 6.41. The van der Waals surface area contributed by atoms with E-state index in [0.717, 1.165) is 0 Å². The summed E-state index contributed by atoms with van der Waals surface area (Å²) in [4.78, 5) is 0. The lowest BCUT2D eigenvalue weighted by atomic mass is 10.4. The van der Waals surface area contributed by atoms with Gasteiger partial charge in [-0.15, -0.1) is 6.58 Å². The van der Waals surface area contributed by atoms with E-state index in [2.05, 4.69) is 26.6 Å². The Morgan fingerprint density at radius 3 is 2.00 bits per heavy atom. The number of rotatable bonds is 2. The second-order valence-electron chi connectivity index (χ2n) is 2.34. The van der Waals surface area contributed by atoms with E-state index >= 15 is 0 Å². The highest BCUT2D eigenvalue weighted by atomic mass is 28.3. The van der Waals surface area contributed by atoms with Gasteiger partial charge >= 0.3 is 0 Å². The molecular weight excluding hydrogens is 100 g/mol. The van der Waals surface area contributed by atoms with Crippen LogP contribution in [-0.4, -0.2) is 8.80 Å². The third kappa shape index (κ3) is 5.96. The molecule has 0 nitrogen and oxygen atoms in total. The van der Waals surface area contributed by atoms with Crippen molar-refractivity contribution in [2.45, 2.75) is 26.1 Å². The third-order valence-electron chi connectivity index (χ3n) is 0.655. The molecule has 0 aromatic carbocycles. The van der Waals surface area contributed by atoms with E-state index in [1.165, 1.54) is 11.6 Å². The third-order valence-corrected chi connectivity index (χ3v) is 1.97. The molecule has 0 rings (SSSR count). The van der Waals surface area contributed by atoms with E-state index in [0.29, 0.717) is 0 Å². The zero-order chi connectivity index (χ0) is 5.86. The van der Waals surface area contributed by atoms with Crippen molar-refractivity contribution in [1.29, 1.82) is 0 Å². The van der Waals surface area contributed by atoms with Gasteiger partial charge in [-0.3, -0.25) is 0 Å². The summed E-state index contributed by atoms with van der Waals surface area (Å²) in [6.45, 7) is 10.5. The highest BCUT2D eigenvalue weighted by Crippen LogP contribution is 2.00. The summed E-state index contributed by atoms with van der Waals surface area (Å²) >= 11 is 0. The van der Waals surface area contributed by atoms with Crippen LogP contribution >= 0.6 is 0 Å². The molecule has 1 radical (unpaired) electrons. The van der Waals surface area contributed by atoms with E-state index in [4.69, 9.17) is 0 Å². The molecule has 0 aliphatic carbocycles. The maximum atomic E-state index is 3.82. The van der Waals surface area contributed by atoms with Crippen LogP contribution in [0.5, 0.6) is 0 Å². The second kappa shape index (κ2) is 3.02. The highest BCUT2D eigenvalue weighted by molar-refractivity contribution is 6.56. The van der Waals surface area contributed by atoms with E-state index in [-0.39, 0.29) is 8.80 Å². The average molecular weight is 113 g/mol. The predicted octanol–water partition coefficient (Wildman–Crippen LogP) is 2.32. The first-order chi connectivity index (χ1) is 3.13. The van der Waals surface area contributed by atoms with E-state index in [1.807, 2.05) is 0 Å². The number of hydrogen-bond donors (Lipinski definition) is 0. The molecule has 0 saturated carbocycles. The second-order valence-corrected chi connectivity index (χ2v) is 5.11. The summed E-state index contributed by atoms with van der Waals surface area (Å²) < 4.78 is 0. The van der Waals surface area contributed by atoms with Gasteiger partial charge in [-0.05, 0) is 13.0 Å². The molecule has 0 fully saturated rings. The monoisotopic (exact) mass is 113 g/mol. The Hall–Kier alpha value is -0.0431. The standard InChI is InChI=1S/C6H13Si/c1-6(2)5-7(3)4/h1,5H2,2-4H3. The lowest BCUT2D eigenvalue weighted by molar-refractivity contribution is 1.37. The zero-order valence-electron chi connectivity index (χ0n) is 5.41. The summed E-state index contributed by atoms with van der Waals surface area (Å²) in [6.07, 6.45) is 0. The molecule has 0 spiro atoms. The Balaban J connectivity index is 3.13. The first-order valence-electron chi connectivity index (χ1n) is 2.56. The minimum Gasteiger partial charge on any atom is -0.100 e. The van der Waals surface area contributed by atoms with Gasteiger partial charge in [0.15, 0.2) is 0 Å². The average Bonchev–Trinajstić information content (AvgIpc) is 1.27. The predicted molar refractivity (Wildman–Crippen MR) is 37.1 cm³/mol. The lowest BCUT2D eigenvalue weighted by Gasteiger charge is -1.97. The molecule has 0 heterocycles. The molecule has 0 bridgehead atoms. The Kier molecular flexibility index (Phi) is 3.01. The topological polar surface area (TPSA) is 0 Å². The smallest absolute Gasteiger partial charge is 0.0455 e. The summed E-state index contributed by atoms with van der Waals surface area (Å²) in [5.41, 5.74) is 1.33. The highest BCUT2D eigenvalue weighted by Gasteiger charge is 1.92. The van der Waals surface area contributed by atoms with Crippen LogP contribution < -0.4 is 0 Å². The van der Waals surface area contributed by atoms with Gasteiger partial charge in [-0.2, -0.15) is 0 Å². The lowest BCUT2D eigenvalue weighted by Crippen LogP contribution is -1.97. The fraction of sp³-hybridized carbons (Fsp3) is 0.667. The van der Waals surface area contributed by atoms with Crippen LogP contribution in [0.4, 0.5) is 0 Å². The SMILES string of the molecule is C=C(C)C[Si](C)C. The Labute approximate surface area is 47.9 Å². The van der Waals surface area contributed by atoms with Crippen molar-refractivity contribution in [3.63, 3.8) is 0 Å². The van der Waals surface area contributed by atoms with E-state index < -0.39 is 0 Å². The molecule has 0 amide bonds. The summed E-state index contributed by atoms with van der Waals surface area (Å²) in [7, 11) is -0.0337. The first kappa shape index (κ1) is 6.96. The molecule has 0 aliphatic rings. The Morgan fingerprint density at radius 2 is 2.00 bits per heavy atom. The van der Waals surface area contributed by atoms with Crippen LogP contribution in [-0.2, 0) is 0 Å². The molecular formula is C6H13Si. The fourth-order valence-electron chi connectivity index (χ4n) is 0.604. The van der Waals surface area contributed by atoms with Crippen molar-refractivity contribution in [1.82, 2.24) is 0 Å². The van der Waals surface area contributed by atoms with Crippen molar-refractivity contribution >= 4 is 8.80 Å². The van der Waals surface area contributed by atoms with Crippen molar-refractivity contribution in [2.24, 2.45) is 0 Å². The number of hydrogen-bond acceptors (Lipinski definition) is 0. The van der Waals surface area contributed by atoms with Crippen LogP contribution in [0.15, 0.2) is 12.2 Å². The van der Waals surface area contributed by atoms with Gasteiger partial charge in [0.2, 0.25) is 0 Å². The fourth-order valence-corrected chi connectivity index (χ4v) is 1.81. The van der Waals surface area contributed by atoms with E-state index in [9.17, 15) is 0 Å². The molecule has 41 valence electrons. The van der Waals surface area contributed by atoms with Crippen molar-refractivity contribution in [3.8, 4) is 0 Å². The van der Waals surface area contributed by atoms with Gasteiger partial charge in [-0.1, -0.05) is 18.7 Å². The molecule has 0 saturated heterocycles. The minimum atomic E-state index is -0.0337. The van der Waals surface area contributed by atoms with Crippen molar-refractivity contribution in [3.05, 3.63) is 12.2 Å². The molecule has 0 atom stereocenters. The van der Waals surface area contributed by atoms with Gasteiger partial charge in [0.25, 0.3) is 0 Å². The Bertz CT molecular complexity index is 64.6. The summed E-state index contributed by atoms with van der Waals surface area (Å²) in [5, 5.41) is 0. The summed E-state index contributed by atoms with van der Waals surface area (Å²) in [5.74, 6) is 0. The van der Waals surface area contributed by atoms with Gasteiger partial charge < -0.3 is 0 Å². The van der Waals surface area contributed by atoms with Crippen LogP contribution in [0.1, 0.15) is 6.92 Å². The van der Waals surface area contributed by atoms with Gasteiger partial charge in [0, 0.05) is 8.80 Å². The molecule has 0 aromatic rings. The van der Waals surface area contributed by atoms with Crippen LogP contribution in [0, 0.1) is 0 Å². The van der Waals surface area contributed by atoms with Crippen LogP contribution in [0.3, 0.4) is 0 Å². The maximum absolute atomic E-state index is 3.82. The molecule has 0 unspecified atom stereocenters. The summed E-state index contributed by atoms with van der Waals surface area (Å²) in [6, 6.07) is 1.27. The largest absolute Gasteiger partial charge is 0.100 e. The van der Waals surface area contributed by atoms with Crippen LogP contribution in [0.25, 0.3) is 0 Å².